The molecule has 2 rings (SSSR count). The summed E-state index contributed by atoms with van der Waals surface area (Å²) in [5, 5.41) is 0. The van der Waals surface area contributed by atoms with Gasteiger partial charge in [-0.1, -0.05) is 0 Å². The van der Waals surface area contributed by atoms with E-state index < -0.39 is 17.6 Å². The normalized spacial score (nSPS) is 11.4. The van der Waals surface area contributed by atoms with Gasteiger partial charge in [0.1, 0.15) is 11.6 Å². The van der Waals surface area contributed by atoms with Gasteiger partial charge in [0, 0.05) is 6.07 Å². The van der Waals surface area contributed by atoms with E-state index in [0.29, 0.717) is 3.57 Å². The minimum absolute atomic E-state index is 0.0580. The predicted octanol–water partition coefficient (Wildman–Crippen LogP) is 4.82. The van der Waals surface area contributed by atoms with Gasteiger partial charge >= 0.3 is 6.18 Å². The second-order valence-corrected chi connectivity index (χ2v) is 5.09. The van der Waals surface area contributed by atoms with Gasteiger partial charge < -0.3 is 10.5 Å². The fourth-order valence-electron chi connectivity index (χ4n) is 1.47. The lowest BCUT2D eigenvalue weighted by Crippen LogP contribution is -2.04. The van der Waals surface area contributed by atoms with Crippen LogP contribution in [0.1, 0.15) is 5.56 Å². The first kappa shape index (κ1) is 14.9. The van der Waals surface area contributed by atoms with Crippen molar-refractivity contribution in [2.75, 3.05) is 5.73 Å². The monoisotopic (exact) mass is 397 g/mol. The molecule has 0 atom stereocenters. The number of nitrogen functional groups attached to an aromatic ring is 1. The van der Waals surface area contributed by atoms with Crippen LogP contribution in [-0.2, 0) is 6.18 Å². The Labute approximate surface area is 125 Å². The van der Waals surface area contributed by atoms with Crippen molar-refractivity contribution in [1.29, 1.82) is 0 Å². The lowest BCUT2D eigenvalue weighted by atomic mass is 10.2. The van der Waals surface area contributed by atoms with Crippen molar-refractivity contribution in [3.63, 3.8) is 0 Å². The molecule has 0 heterocycles. The fraction of sp³-hybridized carbons (Fsp3) is 0.0769. The van der Waals surface area contributed by atoms with Crippen LogP contribution in [0.4, 0.5) is 23.2 Å². The van der Waals surface area contributed by atoms with E-state index in [1.807, 2.05) is 0 Å². The minimum Gasteiger partial charge on any atom is -0.455 e. The topological polar surface area (TPSA) is 35.2 Å². The third-order valence-electron chi connectivity index (χ3n) is 2.46. The minimum atomic E-state index is -4.41. The molecule has 0 bridgehead atoms. The number of benzene rings is 2. The largest absolute Gasteiger partial charge is 0.455 e. The van der Waals surface area contributed by atoms with Gasteiger partial charge in [-0.05, 0) is 52.9 Å². The second kappa shape index (κ2) is 5.47. The summed E-state index contributed by atoms with van der Waals surface area (Å²) in [6.07, 6.45) is -4.41. The highest BCUT2D eigenvalue weighted by Gasteiger charge is 2.30. The van der Waals surface area contributed by atoms with Crippen LogP contribution in [-0.4, -0.2) is 0 Å². The van der Waals surface area contributed by atoms with Crippen molar-refractivity contribution in [3.05, 3.63) is 51.3 Å². The zero-order chi connectivity index (χ0) is 14.9. The molecule has 0 saturated carbocycles. The van der Waals surface area contributed by atoms with E-state index in [9.17, 15) is 17.6 Å². The summed E-state index contributed by atoms with van der Waals surface area (Å²) in [6, 6.07) is 6.55. The molecule has 2 N–H and O–H groups in total. The quantitative estimate of drug-likeness (QED) is 0.448. The summed E-state index contributed by atoms with van der Waals surface area (Å²) in [7, 11) is 0. The molecule has 106 valence electrons. The fourth-order valence-corrected chi connectivity index (χ4v) is 1.96. The highest BCUT2D eigenvalue weighted by atomic mass is 127. The van der Waals surface area contributed by atoms with Crippen molar-refractivity contribution in [3.8, 4) is 11.5 Å². The van der Waals surface area contributed by atoms with Crippen LogP contribution in [0.5, 0.6) is 11.5 Å². The van der Waals surface area contributed by atoms with E-state index in [-0.39, 0.29) is 17.2 Å². The molecule has 0 fully saturated rings. The number of hydrogen-bond donors (Lipinski definition) is 1. The van der Waals surface area contributed by atoms with Gasteiger partial charge in [0.15, 0.2) is 5.75 Å². The zero-order valence-corrected chi connectivity index (χ0v) is 12.0. The maximum Gasteiger partial charge on any atom is 0.416 e. The summed E-state index contributed by atoms with van der Waals surface area (Å²) < 4.78 is 56.2. The Bertz CT molecular complexity index is 626. The number of nitrogens with two attached hydrogens (primary N) is 1. The molecule has 20 heavy (non-hydrogen) atoms. The second-order valence-electron chi connectivity index (χ2n) is 3.93. The Morgan fingerprint density at radius 1 is 1.05 bits per heavy atom. The molecular formula is C13H8F4INO. The smallest absolute Gasteiger partial charge is 0.416 e. The standard InChI is InChI=1S/C13H8F4INO/c14-9-5-12(11(19)6-10(9)18)20-8-3-1-7(2-4-8)13(15,16)17/h1-6H,19H2. The Balaban J connectivity index is 2.25. The lowest BCUT2D eigenvalue weighted by Gasteiger charge is -2.11. The molecule has 2 aromatic carbocycles. The molecular weight excluding hydrogens is 389 g/mol. The summed E-state index contributed by atoms with van der Waals surface area (Å²) >= 11 is 1.78. The van der Waals surface area contributed by atoms with E-state index in [4.69, 9.17) is 10.5 Å². The maximum atomic E-state index is 13.4. The number of halogens is 5. The van der Waals surface area contributed by atoms with Crippen molar-refractivity contribution in [2.24, 2.45) is 0 Å². The van der Waals surface area contributed by atoms with Gasteiger partial charge in [-0.3, -0.25) is 0 Å². The molecule has 0 unspecified atom stereocenters. The molecule has 0 amide bonds. The van der Waals surface area contributed by atoms with Gasteiger partial charge in [-0.2, -0.15) is 13.2 Å². The van der Waals surface area contributed by atoms with Crippen LogP contribution in [0, 0.1) is 9.39 Å². The van der Waals surface area contributed by atoms with Gasteiger partial charge in [0.2, 0.25) is 0 Å². The average molecular weight is 397 g/mol. The van der Waals surface area contributed by atoms with Gasteiger partial charge in [-0.15, -0.1) is 0 Å². The number of alkyl halides is 3. The maximum absolute atomic E-state index is 13.4. The highest BCUT2D eigenvalue weighted by molar-refractivity contribution is 14.1. The molecule has 2 aromatic rings. The average Bonchev–Trinajstić information content (AvgIpc) is 2.35. The number of hydrogen-bond acceptors (Lipinski definition) is 2. The third-order valence-corrected chi connectivity index (χ3v) is 3.29. The first-order valence-electron chi connectivity index (χ1n) is 5.37. The molecule has 0 radical (unpaired) electrons. The van der Waals surface area contributed by atoms with Crippen LogP contribution >= 0.6 is 22.6 Å². The zero-order valence-electron chi connectivity index (χ0n) is 9.84. The summed E-state index contributed by atoms with van der Waals surface area (Å²) in [5.41, 5.74) is 5.08. The predicted molar refractivity (Wildman–Crippen MR) is 75.0 cm³/mol. The highest BCUT2D eigenvalue weighted by Crippen LogP contribution is 2.33. The Kier molecular flexibility index (Phi) is 4.07. The molecule has 7 heteroatoms. The van der Waals surface area contributed by atoms with Crippen LogP contribution in [0.3, 0.4) is 0 Å². The van der Waals surface area contributed by atoms with E-state index >= 15 is 0 Å². The molecule has 0 aliphatic rings. The summed E-state index contributed by atoms with van der Waals surface area (Å²) in [6.45, 7) is 0. The third kappa shape index (κ3) is 3.33. The molecule has 0 saturated heterocycles. The molecule has 0 aliphatic heterocycles. The first-order chi connectivity index (χ1) is 9.27. The van der Waals surface area contributed by atoms with Gasteiger partial charge in [-0.25, -0.2) is 4.39 Å². The molecule has 0 spiro atoms. The van der Waals surface area contributed by atoms with E-state index in [1.54, 1.807) is 22.6 Å². The number of ether oxygens (including phenoxy) is 1. The summed E-state index contributed by atoms with van der Waals surface area (Å²) in [5.74, 6) is -0.310. The molecule has 2 nitrogen and oxygen atoms in total. The van der Waals surface area contributed by atoms with Crippen molar-refractivity contribution >= 4 is 28.3 Å². The Morgan fingerprint density at radius 3 is 2.20 bits per heavy atom. The Hall–Kier alpha value is -1.51. The Morgan fingerprint density at radius 2 is 1.65 bits per heavy atom. The first-order valence-corrected chi connectivity index (χ1v) is 6.45. The lowest BCUT2D eigenvalue weighted by molar-refractivity contribution is -0.137. The van der Waals surface area contributed by atoms with E-state index in [1.165, 1.54) is 6.07 Å². The van der Waals surface area contributed by atoms with Crippen molar-refractivity contribution in [1.82, 2.24) is 0 Å². The molecule has 0 aromatic heterocycles. The van der Waals surface area contributed by atoms with E-state index in [2.05, 4.69) is 0 Å². The van der Waals surface area contributed by atoms with Crippen molar-refractivity contribution in [2.45, 2.75) is 6.18 Å². The number of rotatable bonds is 2. The molecule has 0 aliphatic carbocycles. The SMILES string of the molecule is Nc1cc(I)c(F)cc1Oc1ccc(C(F)(F)F)cc1. The van der Waals surface area contributed by atoms with Gasteiger partial charge in [0.05, 0.1) is 14.8 Å². The van der Waals surface area contributed by atoms with Crippen LogP contribution < -0.4 is 10.5 Å². The van der Waals surface area contributed by atoms with Crippen LogP contribution in [0.25, 0.3) is 0 Å². The number of anilines is 1. The van der Waals surface area contributed by atoms with Crippen molar-refractivity contribution < 1.29 is 22.3 Å². The van der Waals surface area contributed by atoms with Crippen LogP contribution in [0.15, 0.2) is 36.4 Å². The van der Waals surface area contributed by atoms with E-state index in [0.717, 1.165) is 30.3 Å². The summed E-state index contributed by atoms with van der Waals surface area (Å²) in [4.78, 5) is 0. The van der Waals surface area contributed by atoms with Crippen LogP contribution in [0.2, 0.25) is 0 Å². The van der Waals surface area contributed by atoms with Gasteiger partial charge in [0.25, 0.3) is 0 Å².